The molecule has 0 bridgehead atoms. The molecule has 4 heteroatoms. The molecule has 1 aliphatic rings. The Morgan fingerprint density at radius 3 is 2.65 bits per heavy atom. The van der Waals surface area contributed by atoms with E-state index in [1.807, 2.05) is 6.92 Å². The molecule has 1 saturated heterocycles. The zero-order valence-electron chi connectivity index (χ0n) is 11.0. The number of likely N-dealkylation sites (tertiary alicyclic amines) is 1. The molecular formula is C13H21NO3. The molecule has 1 aliphatic heterocycles. The van der Waals surface area contributed by atoms with Crippen LogP contribution in [0.3, 0.4) is 0 Å². The molecule has 0 radical (unpaired) electrons. The number of amides is 2. The number of hydrogen-bond donors (Lipinski definition) is 0. The van der Waals surface area contributed by atoms with Crippen molar-refractivity contribution in [3.63, 3.8) is 0 Å². The van der Waals surface area contributed by atoms with Crippen LogP contribution < -0.4 is 0 Å². The first-order valence-corrected chi connectivity index (χ1v) is 5.93. The minimum Gasteiger partial charge on any atom is -0.443 e. The van der Waals surface area contributed by atoms with Gasteiger partial charge in [0.1, 0.15) is 5.60 Å². The van der Waals surface area contributed by atoms with Crippen LogP contribution in [0.15, 0.2) is 12.7 Å². The highest BCUT2D eigenvalue weighted by molar-refractivity contribution is 5.95. The zero-order chi connectivity index (χ0) is 13.2. The van der Waals surface area contributed by atoms with Gasteiger partial charge in [0.15, 0.2) is 0 Å². The van der Waals surface area contributed by atoms with Gasteiger partial charge in [-0.3, -0.25) is 4.79 Å². The van der Waals surface area contributed by atoms with Crippen molar-refractivity contribution in [3.8, 4) is 0 Å². The highest BCUT2D eigenvalue weighted by Gasteiger charge is 2.41. The number of ether oxygens (including phenoxy) is 1. The largest absolute Gasteiger partial charge is 0.443 e. The zero-order valence-corrected chi connectivity index (χ0v) is 11.0. The summed E-state index contributed by atoms with van der Waals surface area (Å²) in [4.78, 5) is 25.1. The molecule has 2 atom stereocenters. The summed E-state index contributed by atoms with van der Waals surface area (Å²) in [5, 5.41) is 0. The SMILES string of the molecule is C=CC[C@H]1C[C@@H](C)N(C(=O)OC(C)(C)C)C1=O. The van der Waals surface area contributed by atoms with Gasteiger partial charge >= 0.3 is 6.09 Å². The molecule has 2 amide bonds. The van der Waals surface area contributed by atoms with E-state index in [2.05, 4.69) is 6.58 Å². The van der Waals surface area contributed by atoms with E-state index in [9.17, 15) is 9.59 Å². The maximum absolute atomic E-state index is 12.0. The van der Waals surface area contributed by atoms with Crippen molar-refractivity contribution in [3.05, 3.63) is 12.7 Å². The predicted molar refractivity (Wildman–Crippen MR) is 65.5 cm³/mol. The number of carbonyl (C=O) groups excluding carboxylic acids is 2. The van der Waals surface area contributed by atoms with Crippen molar-refractivity contribution in [2.45, 2.75) is 52.2 Å². The van der Waals surface area contributed by atoms with Gasteiger partial charge in [-0.25, -0.2) is 9.69 Å². The Labute approximate surface area is 103 Å². The summed E-state index contributed by atoms with van der Waals surface area (Å²) in [6, 6.07) is -0.0951. The monoisotopic (exact) mass is 239 g/mol. The molecule has 0 unspecified atom stereocenters. The Morgan fingerprint density at radius 1 is 1.59 bits per heavy atom. The molecule has 1 heterocycles. The summed E-state index contributed by atoms with van der Waals surface area (Å²) in [5.41, 5.74) is -0.576. The van der Waals surface area contributed by atoms with Gasteiger partial charge in [0.25, 0.3) is 0 Å². The van der Waals surface area contributed by atoms with E-state index in [-0.39, 0.29) is 17.9 Å². The Bertz CT molecular complexity index is 330. The second-order valence-electron chi connectivity index (χ2n) is 5.49. The van der Waals surface area contributed by atoms with Crippen LogP contribution in [0.1, 0.15) is 40.5 Å². The van der Waals surface area contributed by atoms with Crippen LogP contribution in [-0.2, 0) is 9.53 Å². The quantitative estimate of drug-likeness (QED) is 0.696. The lowest BCUT2D eigenvalue weighted by atomic mass is 10.0. The van der Waals surface area contributed by atoms with Crippen molar-refractivity contribution in [2.75, 3.05) is 0 Å². The van der Waals surface area contributed by atoms with Crippen LogP contribution in [0.2, 0.25) is 0 Å². The normalized spacial score (nSPS) is 24.9. The number of allylic oxidation sites excluding steroid dienone is 1. The average Bonchev–Trinajstić information content (AvgIpc) is 2.39. The summed E-state index contributed by atoms with van der Waals surface area (Å²) in [6.07, 6.45) is 2.47. The molecule has 1 rings (SSSR count). The highest BCUT2D eigenvalue weighted by atomic mass is 16.6. The second kappa shape index (κ2) is 4.90. The van der Waals surface area contributed by atoms with Crippen molar-refractivity contribution in [2.24, 2.45) is 5.92 Å². The average molecular weight is 239 g/mol. The van der Waals surface area contributed by atoms with Crippen LogP contribution >= 0.6 is 0 Å². The van der Waals surface area contributed by atoms with Crippen LogP contribution in [0, 0.1) is 5.92 Å². The first-order valence-electron chi connectivity index (χ1n) is 5.93. The van der Waals surface area contributed by atoms with Gasteiger partial charge in [-0.05, 0) is 40.5 Å². The Hall–Kier alpha value is -1.32. The third-order valence-electron chi connectivity index (χ3n) is 2.69. The maximum atomic E-state index is 12.0. The van der Waals surface area contributed by atoms with Gasteiger partial charge in [-0.1, -0.05) is 6.08 Å². The first-order chi connectivity index (χ1) is 7.76. The van der Waals surface area contributed by atoms with Crippen molar-refractivity contribution in [1.82, 2.24) is 4.90 Å². The molecule has 1 fully saturated rings. The third kappa shape index (κ3) is 3.32. The Kier molecular flexibility index (Phi) is 3.96. The summed E-state index contributed by atoms with van der Waals surface area (Å²) >= 11 is 0. The maximum Gasteiger partial charge on any atom is 0.417 e. The Balaban J connectivity index is 2.74. The van der Waals surface area contributed by atoms with Gasteiger partial charge in [-0.15, -0.1) is 6.58 Å². The summed E-state index contributed by atoms with van der Waals surface area (Å²) in [7, 11) is 0. The van der Waals surface area contributed by atoms with E-state index in [0.29, 0.717) is 12.8 Å². The van der Waals surface area contributed by atoms with E-state index in [1.54, 1.807) is 26.8 Å². The molecule has 0 saturated carbocycles. The molecular weight excluding hydrogens is 218 g/mol. The summed E-state index contributed by atoms with van der Waals surface area (Å²) in [5.74, 6) is -0.276. The van der Waals surface area contributed by atoms with E-state index in [0.717, 1.165) is 0 Å². The van der Waals surface area contributed by atoms with Gasteiger partial charge < -0.3 is 4.74 Å². The van der Waals surface area contributed by atoms with Gasteiger partial charge in [0.2, 0.25) is 5.91 Å². The van der Waals surface area contributed by atoms with E-state index >= 15 is 0 Å². The smallest absolute Gasteiger partial charge is 0.417 e. The molecule has 0 aliphatic carbocycles. The summed E-state index contributed by atoms with van der Waals surface area (Å²) < 4.78 is 5.23. The van der Waals surface area contributed by atoms with Crippen LogP contribution in [0.25, 0.3) is 0 Å². The number of carbonyl (C=O) groups is 2. The molecule has 4 nitrogen and oxygen atoms in total. The van der Waals surface area contributed by atoms with Crippen molar-refractivity contribution >= 4 is 12.0 Å². The van der Waals surface area contributed by atoms with E-state index in [1.165, 1.54) is 4.90 Å². The molecule has 96 valence electrons. The molecule has 0 aromatic heterocycles. The minimum atomic E-state index is -0.576. The molecule has 17 heavy (non-hydrogen) atoms. The molecule has 0 aromatic rings. The van der Waals surface area contributed by atoms with Crippen LogP contribution in [0.4, 0.5) is 4.79 Å². The Morgan fingerprint density at radius 2 is 2.18 bits per heavy atom. The molecule has 0 N–H and O–H groups in total. The molecule has 0 aromatic carbocycles. The fourth-order valence-electron chi connectivity index (χ4n) is 2.01. The number of imide groups is 1. The number of hydrogen-bond acceptors (Lipinski definition) is 3. The lowest BCUT2D eigenvalue weighted by Crippen LogP contribution is -2.41. The van der Waals surface area contributed by atoms with Crippen LogP contribution in [-0.4, -0.2) is 28.5 Å². The van der Waals surface area contributed by atoms with Crippen molar-refractivity contribution in [1.29, 1.82) is 0 Å². The lowest BCUT2D eigenvalue weighted by molar-refractivity contribution is -0.130. The van der Waals surface area contributed by atoms with Crippen molar-refractivity contribution < 1.29 is 14.3 Å². The predicted octanol–water partition coefficient (Wildman–Crippen LogP) is 2.73. The number of rotatable bonds is 2. The second-order valence-corrected chi connectivity index (χ2v) is 5.49. The van der Waals surface area contributed by atoms with E-state index < -0.39 is 11.7 Å². The number of nitrogens with zero attached hydrogens (tertiary/aromatic N) is 1. The fraction of sp³-hybridized carbons (Fsp3) is 0.692. The topological polar surface area (TPSA) is 46.6 Å². The minimum absolute atomic E-state index is 0.0951. The lowest BCUT2D eigenvalue weighted by Gasteiger charge is -2.25. The highest BCUT2D eigenvalue weighted by Crippen LogP contribution is 2.28. The van der Waals surface area contributed by atoms with E-state index in [4.69, 9.17) is 4.74 Å². The van der Waals surface area contributed by atoms with Crippen LogP contribution in [0.5, 0.6) is 0 Å². The third-order valence-corrected chi connectivity index (χ3v) is 2.69. The van der Waals surface area contributed by atoms with Gasteiger partial charge in [0.05, 0.1) is 0 Å². The van der Waals surface area contributed by atoms with Gasteiger partial charge in [-0.2, -0.15) is 0 Å². The summed E-state index contributed by atoms with van der Waals surface area (Å²) in [6.45, 7) is 10.9. The fourth-order valence-corrected chi connectivity index (χ4v) is 2.01. The van der Waals surface area contributed by atoms with Gasteiger partial charge in [0, 0.05) is 12.0 Å². The standard InChI is InChI=1S/C13H21NO3/c1-6-7-10-8-9(2)14(11(10)15)12(16)17-13(3,4)5/h6,9-10H,1,7-8H2,2-5H3/t9-,10+/m1/s1. The first kappa shape index (κ1) is 13.7. The molecule has 0 spiro atoms.